The van der Waals surface area contributed by atoms with Gasteiger partial charge >= 0.3 is 35.6 Å². The van der Waals surface area contributed by atoms with Crippen LogP contribution in [0.5, 0.6) is 5.75 Å². The maximum atomic E-state index is 10.2. The van der Waals surface area contributed by atoms with Crippen LogP contribution >= 0.6 is 27.2 Å². The first-order chi connectivity index (χ1) is 13.0. The predicted molar refractivity (Wildman–Crippen MR) is 118 cm³/mol. The predicted octanol–water partition coefficient (Wildman–Crippen LogP) is 5.78. The topological polar surface area (TPSA) is 23.5 Å². The van der Waals surface area contributed by atoms with Crippen molar-refractivity contribution in [2.75, 3.05) is 11.9 Å². The van der Waals surface area contributed by atoms with E-state index in [1.165, 1.54) is 22.1 Å². The zero-order chi connectivity index (χ0) is 19.8. The Kier molecular flexibility index (Phi) is 9.16. The number of phenolic OH excluding ortho intramolecular Hbond substituents is 1. The molecule has 0 amide bonds. The molecule has 3 aromatic carbocycles. The van der Waals surface area contributed by atoms with E-state index in [-0.39, 0.29) is 0 Å². The number of anilines is 2. The minimum atomic E-state index is -0.556. The number of aryl methyl sites for hydroxylation is 2. The number of para-hydroxylation sites is 1. The van der Waals surface area contributed by atoms with Gasteiger partial charge in [-0.2, -0.15) is 0 Å². The van der Waals surface area contributed by atoms with Crippen LogP contribution in [0.3, 0.4) is 0 Å². The summed E-state index contributed by atoms with van der Waals surface area (Å²) in [5, 5.41) is 12.5. The summed E-state index contributed by atoms with van der Waals surface area (Å²) >= 11 is -0.556. The van der Waals surface area contributed by atoms with Crippen LogP contribution in [0, 0.1) is 13.8 Å². The normalized spacial score (nSPS) is 10.4. The monoisotopic (exact) mass is 453 g/mol. The summed E-state index contributed by atoms with van der Waals surface area (Å²) in [5.74, 6) is 0.371. The molecule has 6 heteroatoms. The SMILES string of the molecule is Cc1ccc(O)c(Pc2c(C)cccc2N(C)c2ccccc2)c1.[Cl][Ti][Cl]. The molecule has 0 heterocycles. The number of hydrogen-bond donors (Lipinski definition) is 1. The van der Waals surface area contributed by atoms with E-state index < -0.39 is 17.0 Å². The summed E-state index contributed by atoms with van der Waals surface area (Å²) in [6, 6.07) is 22.5. The molecule has 0 spiro atoms. The third kappa shape index (κ3) is 6.24. The molecular weight excluding hydrogens is 432 g/mol. The molecule has 1 atom stereocenters. The second-order valence-electron chi connectivity index (χ2n) is 6.08. The Labute approximate surface area is 180 Å². The molecule has 140 valence electrons. The molecule has 0 fully saturated rings. The molecule has 0 saturated carbocycles. The van der Waals surface area contributed by atoms with E-state index >= 15 is 0 Å². The van der Waals surface area contributed by atoms with Gasteiger partial charge in [0.25, 0.3) is 0 Å². The van der Waals surface area contributed by atoms with E-state index in [0.29, 0.717) is 14.3 Å². The number of nitrogens with zero attached hydrogens (tertiary/aromatic N) is 1. The van der Waals surface area contributed by atoms with Crippen molar-refractivity contribution in [2.24, 2.45) is 0 Å². The van der Waals surface area contributed by atoms with Crippen LogP contribution in [0.25, 0.3) is 0 Å². The van der Waals surface area contributed by atoms with Crippen LogP contribution < -0.4 is 15.5 Å². The Bertz CT molecular complexity index is 877. The van der Waals surface area contributed by atoms with Gasteiger partial charge in [-0.3, -0.25) is 0 Å². The van der Waals surface area contributed by atoms with Crippen molar-refractivity contribution >= 4 is 49.2 Å². The number of aromatic hydroxyl groups is 1. The van der Waals surface area contributed by atoms with Gasteiger partial charge in [0.05, 0.1) is 0 Å². The summed E-state index contributed by atoms with van der Waals surface area (Å²) in [5.41, 5.74) is 4.75. The van der Waals surface area contributed by atoms with Gasteiger partial charge in [-0.05, 0) is 49.7 Å². The Morgan fingerprint density at radius 3 is 2.26 bits per heavy atom. The molecule has 2 nitrogen and oxygen atoms in total. The summed E-state index contributed by atoms with van der Waals surface area (Å²) in [4.78, 5) is 2.21. The van der Waals surface area contributed by atoms with Gasteiger partial charge in [0.2, 0.25) is 0 Å². The van der Waals surface area contributed by atoms with Crippen LogP contribution in [-0.2, 0) is 17.0 Å². The zero-order valence-electron chi connectivity index (χ0n) is 15.5. The van der Waals surface area contributed by atoms with Gasteiger partial charge in [-0.25, -0.2) is 0 Å². The van der Waals surface area contributed by atoms with E-state index in [1.807, 2.05) is 12.1 Å². The number of hydrogen-bond acceptors (Lipinski definition) is 2. The molecule has 0 saturated heterocycles. The molecule has 0 aliphatic carbocycles. The van der Waals surface area contributed by atoms with Crippen LogP contribution in [0.15, 0.2) is 66.7 Å². The summed E-state index contributed by atoms with van der Waals surface area (Å²) in [6.45, 7) is 4.19. The van der Waals surface area contributed by atoms with Crippen LogP contribution in [0.2, 0.25) is 0 Å². The number of rotatable bonds is 4. The van der Waals surface area contributed by atoms with E-state index in [2.05, 4.69) is 74.3 Å². The fraction of sp³-hybridized carbons (Fsp3) is 0.143. The van der Waals surface area contributed by atoms with Gasteiger partial charge in [0.15, 0.2) is 0 Å². The Morgan fingerprint density at radius 2 is 1.59 bits per heavy atom. The molecular formula is C21H22Cl2NOPTi. The van der Waals surface area contributed by atoms with Crippen molar-refractivity contribution in [3.8, 4) is 5.75 Å². The fourth-order valence-corrected chi connectivity index (χ4v) is 4.21. The third-order valence-corrected chi connectivity index (χ3v) is 5.74. The van der Waals surface area contributed by atoms with E-state index in [4.69, 9.17) is 18.6 Å². The molecule has 0 aromatic heterocycles. The van der Waals surface area contributed by atoms with Crippen LogP contribution in [-0.4, -0.2) is 12.2 Å². The Morgan fingerprint density at radius 1 is 0.926 bits per heavy atom. The van der Waals surface area contributed by atoms with Crippen LogP contribution in [0.1, 0.15) is 11.1 Å². The average Bonchev–Trinajstić information content (AvgIpc) is 2.67. The van der Waals surface area contributed by atoms with Crippen molar-refractivity contribution in [1.82, 2.24) is 0 Å². The van der Waals surface area contributed by atoms with Gasteiger partial charge in [0, 0.05) is 29.0 Å². The van der Waals surface area contributed by atoms with Gasteiger partial charge in [0.1, 0.15) is 5.75 Å². The van der Waals surface area contributed by atoms with E-state index in [1.54, 1.807) is 6.07 Å². The number of benzene rings is 3. The fourth-order valence-electron chi connectivity index (χ4n) is 2.77. The van der Waals surface area contributed by atoms with Crippen molar-refractivity contribution in [3.05, 3.63) is 77.9 Å². The van der Waals surface area contributed by atoms with Crippen molar-refractivity contribution in [1.29, 1.82) is 0 Å². The second-order valence-corrected chi connectivity index (χ2v) is 9.95. The molecule has 27 heavy (non-hydrogen) atoms. The summed E-state index contributed by atoms with van der Waals surface area (Å²) in [6.07, 6.45) is 0. The van der Waals surface area contributed by atoms with Gasteiger partial charge < -0.3 is 10.0 Å². The number of phenols is 1. The van der Waals surface area contributed by atoms with Gasteiger partial charge in [-0.15, -0.1) is 0 Å². The first-order valence-corrected chi connectivity index (χ1v) is 13.7. The molecule has 0 bridgehead atoms. The van der Waals surface area contributed by atoms with Crippen LogP contribution in [0.4, 0.5) is 11.4 Å². The molecule has 1 unspecified atom stereocenters. The Balaban J connectivity index is 0.000000817. The molecule has 1 N–H and O–H groups in total. The Hall–Kier alpha value is -1.02. The molecule has 3 rings (SSSR count). The summed E-state index contributed by atoms with van der Waals surface area (Å²) < 4.78 is 0. The zero-order valence-corrected chi connectivity index (χ0v) is 19.6. The third-order valence-electron chi connectivity index (χ3n) is 4.17. The minimum absolute atomic E-state index is 0.371. The average molecular weight is 454 g/mol. The summed E-state index contributed by atoms with van der Waals surface area (Å²) in [7, 11) is 12.3. The van der Waals surface area contributed by atoms with E-state index in [0.717, 1.165) is 11.0 Å². The molecule has 0 radical (unpaired) electrons. The number of halogens is 2. The molecule has 3 aromatic rings. The van der Waals surface area contributed by atoms with E-state index in [9.17, 15) is 5.11 Å². The quantitative estimate of drug-likeness (QED) is 0.399. The molecule has 0 aliphatic heterocycles. The standard InChI is InChI=1S/C21H22NOP.2ClH.Ti/c1-15-12-13-19(23)20(14-15)24-21-16(2)8-7-11-18(21)22(3)17-9-5-4-6-10-17;;;/h4-14,23-24H,1-3H3;2*1H;/q;;;+2/p-2. The van der Waals surface area contributed by atoms with Crippen molar-refractivity contribution in [2.45, 2.75) is 13.8 Å². The van der Waals surface area contributed by atoms with Crippen molar-refractivity contribution in [3.63, 3.8) is 0 Å². The maximum absolute atomic E-state index is 10.2. The second kappa shape index (κ2) is 11.1. The van der Waals surface area contributed by atoms with Gasteiger partial charge in [-0.1, -0.05) is 50.5 Å². The van der Waals surface area contributed by atoms with Crippen molar-refractivity contribution < 1.29 is 22.1 Å². The molecule has 0 aliphatic rings. The first kappa shape index (κ1) is 22.3. The first-order valence-electron chi connectivity index (χ1n) is 8.39.